The van der Waals surface area contributed by atoms with Gasteiger partial charge >= 0.3 is 0 Å². The van der Waals surface area contributed by atoms with Crippen molar-refractivity contribution in [1.29, 1.82) is 0 Å². The van der Waals surface area contributed by atoms with Crippen molar-refractivity contribution in [2.24, 2.45) is 5.16 Å². The molecule has 10 heavy (non-hydrogen) atoms. The van der Waals surface area contributed by atoms with E-state index in [1.54, 1.807) is 6.92 Å². The molecule has 3 nitrogen and oxygen atoms in total. The molecule has 1 unspecified atom stereocenters. The van der Waals surface area contributed by atoms with Gasteiger partial charge < -0.3 is 4.84 Å². The zero-order valence-electron chi connectivity index (χ0n) is 6.84. The first-order valence-corrected chi connectivity index (χ1v) is 3.21. The van der Waals surface area contributed by atoms with Gasteiger partial charge in [-0.2, -0.15) is 0 Å². The fourth-order valence-corrected chi connectivity index (χ4v) is 0.259. The number of nitrogens with zero attached hydrogens (tertiary/aromatic N) is 1. The van der Waals surface area contributed by atoms with E-state index in [0.717, 1.165) is 5.71 Å². The molecule has 0 aliphatic carbocycles. The highest BCUT2D eigenvalue weighted by Crippen LogP contribution is 1.92. The maximum atomic E-state index is 10.6. The predicted molar refractivity (Wildman–Crippen MR) is 40.0 cm³/mol. The molecule has 3 heteroatoms. The van der Waals surface area contributed by atoms with Crippen molar-refractivity contribution < 1.29 is 9.63 Å². The maximum absolute atomic E-state index is 10.6. The third-order valence-corrected chi connectivity index (χ3v) is 0.966. The van der Waals surface area contributed by atoms with Crippen molar-refractivity contribution in [2.75, 3.05) is 0 Å². The van der Waals surface area contributed by atoms with Crippen molar-refractivity contribution in [2.45, 2.75) is 33.8 Å². The fourth-order valence-electron chi connectivity index (χ4n) is 0.259. The smallest absolute Gasteiger partial charge is 0.182 e. The van der Waals surface area contributed by atoms with E-state index >= 15 is 0 Å². The zero-order chi connectivity index (χ0) is 8.15. The average molecular weight is 143 g/mol. The molecule has 0 saturated heterocycles. The van der Waals surface area contributed by atoms with Gasteiger partial charge in [-0.25, -0.2) is 0 Å². The summed E-state index contributed by atoms with van der Waals surface area (Å²) in [6, 6.07) is 0. The van der Waals surface area contributed by atoms with Crippen LogP contribution in [0.3, 0.4) is 0 Å². The van der Waals surface area contributed by atoms with Crippen LogP contribution in [0.2, 0.25) is 0 Å². The molecule has 0 aliphatic heterocycles. The lowest BCUT2D eigenvalue weighted by atomic mass is 10.3. The van der Waals surface area contributed by atoms with E-state index in [2.05, 4.69) is 5.16 Å². The molecule has 0 fully saturated rings. The van der Waals surface area contributed by atoms with Gasteiger partial charge in [-0.3, -0.25) is 4.79 Å². The number of oxime groups is 1. The molecule has 0 saturated carbocycles. The van der Waals surface area contributed by atoms with E-state index in [0.29, 0.717) is 0 Å². The lowest BCUT2D eigenvalue weighted by Crippen LogP contribution is -2.14. The Labute approximate surface area is 61.1 Å². The molecule has 0 amide bonds. The molecule has 1 atom stereocenters. The Balaban J connectivity index is 3.70. The van der Waals surface area contributed by atoms with Gasteiger partial charge in [-0.05, 0) is 27.7 Å². The van der Waals surface area contributed by atoms with E-state index in [1.165, 1.54) is 6.92 Å². The van der Waals surface area contributed by atoms with Crippen LogP contribution in [-0.2, 0) is 9.63 Å². The van der Waals surface area contributed by atoms with E-state index in [4.69, 9.17) is 4.84 Å². The van der Waals surface area contributed by atoms with E-state index in [9.17, 15) is 4.79 Å². The van der Waals surface area contributed by atoms with Gasteiger partial charge in [0.2, 0.25) is 0 Å². The van der Waals surface area contributed by atoms with Gasteiger partial charge in [0, 0.05) is 0 Å². The summed E-state index contributed by atoms with van der Waals surface area (Å²) in [5.41, 5.74) is 0.813. The Morgan fingerprint density at radius 1 is 1.40 bits per heavy atom. The van der Waals surface area contributed by atoms with Gasteiger partial charge in [0.15, 0.2) is 11.9 Å². The Hall–Kier alpha value is -0.860. The van der Waals surface area contributed by atoms with Gasteiger partial charge in [-0.15, -0.1) is 0 Å². The van der Waals surface area contributed by atoms with Crippen LogP contribution in [0.4, 0.5) is 0 Å². The lowest BCUT2D eigenvalue weighted by molar-refractivity contribution is -0.127. The van der Waals surface area contributed by atoms with Crippen molar-refractivity contribution in [3.63, 3.8) is 0 Å². The highest BCUT2D eigenvalue weighted by molar-refractivity contribution is 5.81. The summed E-state index contributed by atoms with van der Waals surface area (Å²) in [6.45, 7) is 6.78. The third kappa shape index (κ3) is 4.06. The topological polar surface area (TPSA) is 38.7 Å². The van der Waals surface area contributed by atoms with Gasteiger partial charge in [0.1, 0.15) is 0 Å². The molecule has 0 bridgehead atoms. The summed E-state index contributed by atoms with van der Waals surface area (Å²) in [6.07, 6.45) is -0.421. The Bertz CT molecular complexity index is 148. The van der Waals surface area contributed by atoms with Crippen LogP contribution in [0.1, 0.15) is 27.7 Å². The van der Waals surface area contributed by atoms with E-state index < -0.39 is 6.10 Å². The van der Waals surface area contributed by atoms with Crippen molar-refractivity contribution in [3.8, 4) is 0 Å². The molecule has 0 radical (unpaired) electrons. The van der Waals surface area contributed by atoms with Gasteiger partial charge in [0.05, 0.1) is 5.71 Å². The van der Waals surface area contributed by atoms with Crippen LogP contribution < -0.4 is 0 Å². The zero-order valence-corrected chi connectivity index (χ0v) is 6.84. The molecule has 0 aliphatic rings. The normalized spacial score (nSPS) is 12.0. The average Bonchev–Trinajstić information content (AvgIpc) is 1.82. The predicted octanol–water partition coefficient (Wildman–Crippen LogP) is 1.38. The lowest BCUT2D eigenvalue weighted by Gasteiger charge is -2.04. The molecule has 0 rings (SSSR count). The number of hydrogen-bond donors (Lipinski definition) is 0. The standard InChI is InChI=1S/C7H13NO2/c1-5(2)8-10-7(4)6(3)9/h7H,1-4H3. The van der Waals surface area contributed by atoms with Gasteiger partial charge in [0.25, 0.3) is 0 Å². The highest BCUT2D eigenvalue weighted by atomic mass is 16.6. The number of Topliss-reactive ketones (excluding diaryl/α,β-unsaturated/α-hetero) is 1. The summed E-state index contributed by atoms with van der Waals surface area (Å²) in [5.74, 6) is -0.00926. The quantitative estimate of drug-likeness (QED) is 0.442. The Kier molecular flexibility index (Phi) is 3.69. The SMILES string of the molecule is CC(=O)C(C)ON=C(C)C. The summed E-state index contributed by atoms with van der Waals surface area (Å²) in [7, 11) is 0. The van der Waals surface area contributed by atoms with Crippen LogP contribution in [0.25, 0.3) is 0 Å². The maximum Gasteiger partial charge on any atom is 0.182 e. The molecule has 0 N–H and O–H groups in total. The molecule has 0 aromatic heterocycles. The minimum Gasteiger partial charge on any atom is -0.385 e. The van der Waals surface area contributed by atoms with Crippen molar-refractivity contribution in [3.05, 3.63) is 0 Å². The molecular formula is C7H13NO2. The monoisotopic (exact) mass is 143 g/mol. The number of ketones is 1. The van der Waals surface area contributed by atoms with Crippen LogP contribution in [0.15, 0.2) is 5.16 Å². The first-order chi connectivity index (χ1) is 4.54. The largest absolute Gasteiger partial charge is 0.385 e. The second kappa shape index (κ2) is 4.04. The number of rotatable bonds is 3. The van der Waals surface area contributed by atoms with Crippen LogP contribution >= 0.6 is 0 Å². The fraction of sp³-hybridized carbons (Fsp3) is 0.714. The Morgan fingerprint density at radius 3 is 2.20 bits per heavy atom. The van der Waals surface area contributed by atoms with Crippen molar-refractivity contribution >= 4 is 11.5 Å². The second-order valence-electron chi connectivity index (χ2n) is 2.40. The minimum atomic E-state index is -0.421. The molecule has 0 spiro atoms. The third-order valence-electron chi connectivity index (χ3n) is 0.966. The van der Waals surface area contributed by atoms with Crippen LogP contribution in [0.5, 0.6) is 0 Å². The summed E-state index contributed by atoms with van der Waals surface area (Å²) >= 11 is 0. The van der Waals surface area contributed by atoms with Crippen molar-refractivity contribution in [1.82, 2.24) is 0 Å². The van der Waals surface area contributed by atoms with Crippen LogP contribution in [-0.4, -0.2) is 17.6 Å². The highest BCUT2D eigenvalue weighted by Gasteiger charge is 2.06. The van der Waals surface area contributed by atoms with E-state index in [1.807, 2.05) is 13.8 Å². The molecule has 58 valence electrons. The first-order valence-electron chi connectivity index (χ1n) is 3.21. The van der Waals surface area contributed by atoms with Crippen LogP contribution in [0, 0.1) is 0 Å². The summed E-state index contributed by atoms with van der Waals surface area (Å²) in [4.78, 5) is 15.4. The molecular weight excluding hydrogens is 130 g/mol. The number of hydrogen-bond acceptors (Lipinski definition) is 3. The first kappa shape index (κ1) is 9.14. The summed E-state index contributed by atoms with van der Waals surface area (Å²) in [5, 5.41) is 3.64. The number of carbonyl (C=O) groups excluding carboxylic acids is 1. The molecule has 0 aromatic rings. The molecule has 0 aromatic carbocycles. The van der Waals surface area contributed by atoms with Gasteiger partial charge in [-0.1, -0.05) is 5.16 Å². The second-order valence-corrected chi connectivity index (χ2v) is 2.40. The Morgan fingerprint density at radius 2 is 1.90 bits per heavy atom. The van der Waals surface area contributed by atoms with E-state index in [-0.39, 0.29) is 5.78 Å². The summed E-state index contributed by atoms with van der Waals surface area (Å²) < 4.78 is 0. The molecule has 0 heterocycles. The number of carbonyl (C=O) groups is 1. The minimum absolute atomic E-state index is 0.00926.